The molecule has 3 rings (SSSR count). The number of methoxy groups -OCH3 is 1. The molecule has 0 aliphatic carbocycles. The van der Waals surface area contributed by atoms with E-state index in [-0.39, 0.29) is 18.2 Å². The minimum absolute atomic E-state index is 0.0682. The van der Waals surface area contributed by atoms with E-state index in [4.69, 9.17) is 13.9 Å². The number of ether oxygens (including phenoxy) is 2. The van der Waals surface area contributed by atoms with Crippen LogP contribution in [0, 0.1) is 13.8 Å². The minimum atomic E-state index is -0.929. The highest BCUT2D eigenvalue weighted by molar-refractivity contribution is 6.03. The molecule has 0 saturated carbocycles. The summed E-state index contributed by atoms with van der Waals surface area (Å²) in [7, 11) is 1.55. The van der Waals surface area contributed by atoms with Crippen LogP contribution in [-0.4, -0.2) is 25.0 Å². The Balaban J connectivity index is 1.86. The van der Waals surface area contributed by atoms with Gasteiger partial charge in [0.25, 0.3) is 0 Å². The lowest BCUT2D eigenvalue weighted by Gasteiger charge is -2.14. The molecular weight excluding hydrogens is 344 g/mol. The van der Waals surface area contributed by atoms with Crippen molar-refractivity contribution in [1.82, 2.24) is 0 Å². The van der Waals surface area contributed by atoms with Gasteiger partial charge in [-0.3, -0.25) is 4.79 Å². The van der Waals surface area contributed by atoms with Crippen LogP contribution in [-0.2, 0) is 16.1 Å². The highest BCUT2D eigenvalue weighted by Gasteiger charge is 2.27. The Morgan fingerprint density at radius 2 is 1.85 bits per heavy atom. The second-order valence-corrected chi connectivity index (χ2v) is 6.57. The lowest BCUT2D eigenvalue weighted by Crippen LogP contribution is -2.25. The average molecular weight is 366 g/mol. The third kappa shape index (κ3) is 3.78. The first-order valence-electron chi connectivity index (χ1n) is 8.74. The predicted molar refractivity (Wildman–Crippen MR) is 102 cm³/mol. The Bertz CT molecular complexity index is 999. The number of hydrogen-bond donors (Lipinski definition) is 0. The van der Waals surface area contributed by atoms with Crippen molar-refractivity contribution in [1.29, 1.82) is 0 Å². The molecule has 0 amide bonds. The van der Waals surface area contributed by atoms with Gasteiger partial charge in [0.1, 0.15) is 5.58 Å². The van der Waals surface area contributed by atoms with E-state index in [1.807, 2.05) is 44.2 Å². The molecule has 1 heterocycles. The van der Waals surface area contributed by atoms with E-state index >= 15 is 0 Å². The highest BCUT2D eigenvalue weighted by atomic mass is 16.6. The number of hydrogen-bond acceptors (Lipinski definition) is 5. The molecule has 0 aliphatic rings. The van der Waals surface area contributed by atoms with E-state index in [1.54, 1.807) is 26.2 Å². The van der Waals surface area contributed by atoms with Gasteiger partial charge >= 0.3 is 5.97 Å². The number of Topliss-reactive ketones (excluding diaryl/α,β-unsaturated/α-hetero) is 1. The fourth-order valence-electron chi connectivity index (χ4n) is 3.04. The Morgan fingerprint density at radius 1 is 1.11 bits per heavy atom. The van der Waals surface area contributed by atoms with Gasteiger partial charge < -0.3 is 13.9 Å². The molecule has 5 nitrogen and oxygen atoms in total. The van der Waals surface area contributed by atoms with Gasteiger partial charge in [-0.15, -0.1) is 0 Å². The summed E-state index contributed by atoms with van der Waals surface area (Å²) < 4.78 is 16.3. The lowest BCUT2D eigenvalue weighted by atomic mass is 9.99. The number of benzene rings is 2. The molecule has 0 bridgehead atoms. The smallest absolute Gasteiger partial charge is 0.375 e. The van der Waals surface area contributed by atoms with Crippen LogP contribution in [0.25, 0.3) is 11.0 Å². The van der Waals surface area contributed by atoms with Crippen LogP contribution in [0.15, 0.2) is 46.9 Å². The molecule has 0 unspecified atom stereocenters. The first-order chi connectivity index (χ1) is 12.9. The monoisotopic (exact) mass is 366 g/mol. The number of aryl methyl sites for hydroxylation is 2. The molecule has 1 aromatic heterocycles. The van der Waals surface area contributed by atoms with E-state index in [0.29, 0.717) is 16.7 Å². The standard InChI is InChI=1S/C22H22O5/c1-13-9-10-14(2)17(11-13)20(23)15(3)26-22(24)21-18(12-25-4)16-7-5-6-8-19(16)27-21/h5-11,15H,12H2,1-4H3/t15-/m1/s1. The zero-order chi connectivity index (χ0) is 19.6. The van der Waals surface area contributed by atoms with Crippen LogP contribution in [0.5, 0.6) is 0 Å². The summed E-state index contributed by atoms with van der Waals surface area (Å²) in [6, 6.07) is 12.9. The van der Waals surface area contributed by atoms with Gasteiger partial charge in [-0.1, -0.05) is 35.9 Å². The quantitative estimate of drug-likeness (QED) is 0.470. The molecule has 0 radical (unpaired) electrons. The lowest BCUT2D eigenvalue weighted by molar-refractivity contribution is 0.0286. The number of carbonyl (C=O) groups excluding carboxylic acids is 2. The first-order valence-corrected chi connectivity index (χ1v) is 8.74. The number of para-hydroxylation sites is 1. The van der Waals surface area contributed by atoms with Crippen molar-refractivity contribution >= 4 is 22.7 Å². The first kappa shape index (κ1) is 18.9. The Kier molecular flexibility index (Phi) is 5.42. The maximum Gasteiger partial charge on any atom is 0.375 e. The van der Waals surface area contributed by atoms with Crippen molar-refractivity contribution in [3.05, 3.63) is 70.5 Å². The normalized spacial score (nSPS) is 12.1. The summed E-state index contributed by atoms with van der Waals surface area (Å²) in [6.07, 6.45) is -0.929. The largest absolute Gasteiger partial charge is 0.449 e. The number of carbonyl (C=O) groups is 2. The summed E-state index contributed by atoms with van der Waals surface area (Å²) in [5, 5.41) is 0.791. The second-order valence-electron chi connectivity index (χ2n) is 6.57. The van der Waals surface area contributed by atoms with E-state index in [2.05, 4.69) is 0 Å². The van der Waals surface area contributed by atoms with Crippen molar-refractivity contribution in [3.63, 3.8) is 0 Å². The maximum atomic E-state index is 12.7. The van der Waals surface area contributed by atoms with Gasteiger partial charge in [-0.2, -0.15) is 0 Å². The molecule has 0 spiro atoms. The van der Waals surface area contributed by atoms with Gasteiger partial charge in [-0.05, 0) is 38.5 Å². The number of fused-ring (bicyclic) bond motifs is 1. The van der Waals surface area contributed by atoms with E-state index in [0.717, 1.165) is 16.5 Å². The maximum absolute atomic E-state index is 12.7. The van der Waals surface area contributed by atoms with Gasteiger partial charge in [0.05, 0.1) is 6.61 Å². The van der Waals surface area contributed by atoms with Gasteiger partial charge in [0.15, 0.2) is 6.10 Å². The van der Waals surface area contributed by atoms with Crippen molar-refractivity contribution in [2.45, 2.75) is 33.5 Å². The van der Waals surface area contributed by atoms with E-state index < -0.39 is 12.1 Å². The van der Waals surface area contributed by atoms with E-state index in [1.165, 1.54) is 0 Å². The van der Waals surface area contributed by atoms with Crippen LogP contribution in [0.2, 0.25) is 0 Å². The molecule has 0 saturated heterocycles. The summed E-state index contributed by atoms with van der Waals surface area (Å²) in [6.45, 7) is 5.55. The third-order valence-electron chi connectivity index (χ3n) is 4.48. The topological polar surface area (TPSA) is 65.7 Å². The Labute approximate surface area is 157 Å². The molecule has 2 aromatic carbocycles. The van der Waals surface area contributed by atoms with Crippen LogP contribution < -0.4 is 0 Å². The van der Waals surface area contributed by atoms with Crippen molar-refractivity contribution in [3.8, 4) is 0 Å². The summed E-state index contributed by atoms with van der Waals surface area (Å²) in [4.78, 5) is 25.4. The molecule has 0 fully saturated rings. The number of ketones is 1. The second kappa shape index (κ2) is 7.76. The molecular formula is C22H22O5. The number of furan rings is 1. The Morgan fingerprint density at radius 3 is 2.59 bits per heavy atom. The van der Waals surface area contributed by atoms with Crippen molar-refractivity contribution in [2.75, 3.05) is 7.11 Å². The van der Waals surface area contributed by atoms with Crippen molar-refractivity contribution < 1.29 is 23.5 Å². The minimum Gasteiger partial charge on any atom is -0.449 e. The molecule has 27 heavy (non-hydrogen) atoms. The zero-order valence-electron chi connectivity index (χ0n) is 15.9. The molecule has 0 aliphatic heterocycles. The number of rotatable bonds is 6. The summed E-state index contributed by atoms with van der Waals surface area (Å²) >= 11 is 0. The summed E-state index contributed by atoms with van der Waals surface area (Å²) in [5.41, 5.74) is 3.56. The molecule has 5 heteroatoms. The Hall–Kier alpha value is -2.92. The molecule has 3 aromatic rings. The van der Waals surface area contributed by atoms with Crippen LogP contribution in [0.4, 0.5) is 0 Å². The highest BCUT2D eigenvalue weighted by Crippen LogP contribution is 2.27. The molecule has 0 N–H and O–H groups in total. The van der Waals surface area contributed by atoms with Crippen LogP contribution in [0.1, 0.15) is 44.5 Å². The van der Waals surface area contributed by atoms with Gasteiger partial charge in [0.2, 0.25) is 11.5 Å². The van der Waals surface area contributed by atoms with Gasteiger partial charge in [0, 0.05) is 23.6 Å². The van der Waals surface area contributed by atoms with Gasteiger partial charge in [-0.25, -0.2) is 4.79 Å². The molecule has 140 valence electrons. The number of esters is 1. The zero-order valence-corrected chi connectivity index (χ0v) is 15.9. The van der Waals surface area contributed by atoms with E-state index in [9.17, 15) is 9.59 Å². The summed E-state index contributed by atoms with van der Waals surface area (Å²) in [5.74, 6) is -0.850. The fourth-order valence-corrected chi connectivity index (χ4v) is 3.04. The SMILES string of the molecule is COCc1c(C(=O)O[C@H](C)C(=O)c2cc(C)ccc2C)oc2ccccc12. The molecule has 1 atom stereocenters. The fraction of sp³-hybridized carbons (Fsp3) is 0.273. The average Bonchev–Trinajstić information content (AvgIpc) is 3.02. The van der Waals surface area contributed by atoms with Crippen LogP contribution in [0.3, 0.4) is 0 Å². The van der Waals surface area contributed by atoms with Crippen LogP contribution >= 0.6 is 0 Å². The van der Waals surface area contributed by atoms with Crippen molar-refractivity contribution in [2.24, 2.45) is 0 Å². The predicted octanol–water partition coefficient (Wildman–Crippen LogP) is 4.62. The third-order valence-corrected chi connectivity index (χ3v) is 4.48.